The summed E-state index contributed by atoms with van der Waals surface area (Å²) < 4.78 is 11.1. The van der Waals surface area contributed by atoms with Crippen LogP contribution in [0.3, 0.4) is 0 Å². The van der Waals surface area contributed by atoms with E-state index in [-0.39, 0.29) is 12.0 Å². The molecule has 132 valence electrons. The van der Waals surface area contributed by atoms with Gasteiger partial charge in [0.25, 0.3) is 5.91 Å². The summed E-state index contributed by atoms with van der Waals surface area (Å²) in [4.78, 5) is 23.1. The number of carboxylic acids is 1. The monoisotopic (exact) mass is 335 g/mol. The van der Waals surface area contributed by atoms with Crippen LogP contribution in [0.4, 0.5) is 0 Å². The van der Waals surface area contributed by atoms with E-state index in [1.54, 1.807) is 38.1 Å². The topological polar surface area (TPSA) is 84.9 Å². The third kappa shape index (κ3) is 5.23. The van der Waals surface area contributed by atoms with E-state index in [1.165, 1.54) is 0 Å². The molecule has 1 fully saturated rings. The molecule has 1 aromatic rings. The summed E-state index contributed by atoms with van der Waals surface area (Å²) in [6.45, 7) is 4.92. The quantitative estimate of drug-likeness (QED) is 0.762. The first kappa shape index (κ1) is 18.3. The molecule has 24 heavy (non-hydrogen) atoms. The summed E-state index contributed by atoms with van der Waals surface area (Å²) in [5.41, 5.74) is -0.333. The van der Waals surface area contributed by atoms with Crippen LogP contribution in [0.5, 0.6) is 5.75 Å². The number of carboxylic acid groups (broad SMARTS) is 1. The van der Waals surface area contributed by atoms with Gasteiger partial charge >= 0.3 is 5.97 Å². The first-order valence-corrected chi connectivity index (χ1v) is 8.24. The van der Waals surface area contributed by atoms with E-state index in [0.29, 0.717) is 30.9 Å². The molecule has 1 aliphatic heterocycles. The first-order valence-electron chi connectivity index (χ1n) is 8.24. The van der Waals surface area contributed by atoms with Crippen molar-refractivity contribution in [2.24, 2.45) is 5.41 Å². The van der Waals surface area contributed by atoms with Crippen LogP contribution in [0.1, 0.15) is 43.5 Å². The van der Waals surface area contributed by atoms with Crippen molar-refractivity contribution in [2.75, 3.05) is 19.8 Å². The third-order valence-electron chi connectivity index (χ3n) is 4.19. The molecule has 0 saturated carbocycles. The van der Waals surface area contributed by atoms with Crippen molar-refractivity contribution in [3.8, 4) is 5.75 Å². The molecule has 6 heteroatoms. The molecule has 1 aliphatic rings. The highest BCUT2D eigenvalue weighted by atomic mass is 16.5. The number of nitrogens with one attached hydrogen (secondary N) is 1. The van der Waals surface area contributed by atoms with E-state index < -0.39 is 11.4 Å². The molecule has 0 aromatic heterocycles. The Bertz CT molecular complexity index is 561. The van der Waals surface area contributed by atoms with E-state index in [9.17, 15) is 9.59 Å². The van der Waals surface area contributed by atoms with Crippen LogP contribution in [0, 0.1) is 5.41 Å². The lowest BCUT2D eigenvalue weighted by atomic mass is 9.90. The smallest absolute Gasteiger partial charge is 0.309 e. The molecule has 2 N–H and O–H groups in total. The predicted molar refractivity (Wildman–Crippen MR) is 89.3 cm³/mol. The second-order valence-electron chi connectivity index (χ2n) is 6.67. The fraction of sp³-hybridized carbons (Fsp3) is 0.556. The van der Waals surface area contributed by atoms with Gasteiger partial charge in [-0.1, -0.05) is 0 Å². The molecular formula is C18H25NO5. The summed E-state index contributed by atoms with van der Waals surface area (Å²) in [6, 6.07) is 6.90. The number of aliphatic carboxylic acids is 1. The van der Waals surface area contributed by atoms with E-state index >= 15 is 0 Å². The highest BCUT2D eigenvalue weighted by Gasteiger charge is 2.26. The van der Waals surface area contributed by atoms with Crippen molar-refractivity contribution in [3.63, 3.8) is 0 Å². The Hall–Kier alpha value is -2.08. The number of carbonyl (C=O) groups is 2. The number of carbonyl (C=O) groups excluding carboxylic acids is 1. The molecule has 1 aromatic carbocycles. The van der Waals surface area contributed by atoms with Crippen LogP contribution in [0.15, 0.2) is 24.3 Å². The molecule has 0 bridgehead atoms. The zero-order valence-corrected chi connectivity index (χ0v) is 14.2. The molecule has 0 aliphatic carbocycles. The van der Waals surface area contributed by atoms with Crippen molar-refractivity contribution in [1.29, 1.82) is 0 Å². The van der Waals surface area contributed by atoms with Gasteiger partial charge in [0.1, 0.15) is 12.4 Å². The van der Waals surface area contributed by atoms with Gasteiger partial charge in [0.05, 0.1) is 11.5 Å². The largest absolute Gasteiger partial charge is 0.491 e. The summed E-state index contributed by atoms with van der Waals surface area (Å²) >= 11 is 0. The number of benzene rings is 1. The summed E-state index contributed by atoms with van der Waals surface area (Å²) in [5, 5.41) is 11.8. The van der Waals surface area contributed by atoms with E-state index in [0.717, 1.165) is 19.4 Å². The first-order chi connectivity index (χ1) is 11.4. The Morgan fingerprint density at radius 1 is 1.33 bits per heavy atom. The van der Waals surface area contributed by atoms with Crippen molar-refractivity contribution in [1.82, 2.24) is 5.32 Å². The predicted octanol–water partition coefficient (Wildman–Crippen LogP) is 2.48. The molecule has 2 rings (SSSR count). The third-order valence-corrected chi connectivity index (χ3v) is 4.19. The van der Waals surface area contributed by atoms with Gasteiger partial charge in [-0.15, -0.1) is 0 Å². The normalized spacial score (nSPS) is 17.5. The van der Waals surface area contributed by atoms with Gasteiger partial charge in [0, 0.05) is 18.7 Å². The SMILES string of the molecule is CC(C)(CCNC(=O)c1ccc(OCC2CCCO2)cc1)C(=O)O. The number of hydrogen-bond donors (Lipinski definition) is 2. The van der Waals surface area contributed by atoms with Gasteiger partial charge in [-0.3, -0.25) is 9.59 Å². The maximum Gasteiger partial charge on any atom is 0.309 e. The van der Waals surface area contributed by atoms with Crippen LogP contribution in [-0.2, 0) is 9.53 Å². The lowest BCUT2D eigenvalue weighted by Gasteiger charge is -2.18. The van der Waals surface area contributed by atoms with Gasteiger partial charge in [0.15, 0.2) is 0 Å². The number of rotatable bonds is 8. The Kier molecular flexibility index (Phi) is 6.20. The molecule has 1 amide bonds. The highest BCUT2D eigenvalue weighted by molar-refractivity contribution is 5.94. The number of hydrogen-bond acceptors (Lipinski definition) is 4. The molecule has 1 atom stereocenters. The Morgan fingerprint density at radius 2 is 2.04 bits per heavy atom. The lowest BCUT2D eigenvalue weighted by Crippen LogP contribution is -2.31. The second-order valence-corrected chi connectivity index (χ2v) is 6.67. The number of ether oxygens (including phenoxy) is 2. The van der Waals surface area contributed by atoms with Crippen molar-refractivity contribution in [3.05, 3.63) is 29.8 Å². The average Bonchev–Trinajstić information content (AvgIpc) is 3.06. The van der Waals surface area contributed by atoms with E-state index in [4.69, 9.17) is 14.6 Å². The fourth-order valence-corrected chi connectivity index (χ4v) is 2.37. The summed E-state index contributed by atoms with van der Waals surface area (Å²) in [7, 11) is 0. The zero-order valence-electron chi connectivity index (χ0n) is 14.2. The second kappa shape index (κ2) is 8.15. The van der Waals surface area contributed by atoms with Gasteiger partial charge in [-0.05, 0) is 57.4 Å². The Labute approximate surface area is 142 Å². The van der Waals surface area contributed by atoms with Crippen molar-refractivity contribution >= 4 is 11.9 Å². The lowest BCUT2D eigenvalue weighted by molar-refractivity contribution is -0.147. The minimum atomic E-state index is -0.871. The van der Waals surface area contributed by atoms with Crippen LogP contribution in [-0.4, -0.2) is 42.8 Å². The Balaban J connectivity index is 1.77. The maximum absolute atomic E-state index is 12.1. The zero-order chi connectivity index (χ0) is 17.6. The van der Waals surface area contributed by atoms with E-state index in [1.807, 2.05) is 0 Å². The van der Waals surface area contributed by atoms with Gasteiger partial charge < -0.3 is 19.9 Å². The molecule has 0 radical (unpaired) electrons. The fourth-order valence-electron chi connectivity index (χ4n) is 2.37. The van der Waals surface area contributed by atoms with Crippen LogP contribution >= 0.6 is 0 Å². The maximum atomic E-state index is 12.1. The highest BCUT2D eigenvalue weighted by Crippen LogP contribution is 2.20. The van der Waals surface area contributed by atoms with Crippen LogP contribution in [0.2, 0.25) is 0 Å². The van der Waals surface area contributed by atoms with E-state index in [2.05, 4.69) is 5.32 Å². The summed E-state index contributed by atoms with van der Waals surface area (Å²) in [6.07, 6.45) is 2.63. The molecule has 1 saturated heterocycles. The Morgan fingerprint density at radius 3 is 2.62 bits per heavy atom. The van der Waals surface area contributed by atoms with Gasteiger partial charge in [0.2, 0.25) is 0 Å². The van der Waals surface area contributed by atoms with Gasteiger partial charge in [-0.2, -0.15) is 0 Å². The van der Waals surface area contributed by atoms with Crippen LogP contribution < -0.4 is 10.1 Å². The molecule has 1 heterocycles. The van der Waals surface area contributed by atoms with Crippen molar-refractivity contribution < 1.29 is 24.2 Å². The average molecular weight is 335 g/mol. The standard InChI is InChI=1S/C18H25NO5/c1-18(2,17(21)22)9-10-19-16(20)13-5-7-14(8-6-13)24-12-15-4-3-11-23-15/h5-8,15H,3-4,9-12H2,1-2H3,(H,19,20)(H,21,22). The van der Waals surface area contributed by atoms with Crippen LogP contribution in [0.25, 0.3) is 0 Å². The molecular weight excluding hydrogens is 310 g/mol. The minimum absolute atomic E-state index is 0.158. The number of amides is 1. The molecule has 1 unspecified atom stereocenters. The van der Waals surface area contributed by atoms with Gasteiger partial charge in [-0.25, -0.2) is 0 Å². The molecule has 6 nitrogen and oxygen atoms in total. The van der Waals surface area contributed by atoms with Crippen molar-refractivity contribution in [2.45, 2.75) is 39.2 Å². The summed E-state index contributed by atoms with van der Waals surface area (Å²) in [5.74, 6) is -0.389. The molecule has 0 spiro atoms. The minimum Gasteiger partial charge on any atom is -0.491 e.